The molecule has 4 heteroatoms. The van der Waals surface area contributed by atoms with Crippen LogP contribution in [-0.4, -0.2) is 21.1 Å². The number of phenols is 2. The second-order valence-electron chi connectivity index (χ2n) is 3.41. The largest absolute Gasteiger partial charge is 0.508 e. The van der Waals surface area contributed by atoms with Gasteiger partial charge in [0.15, 0.2) is 5.78 Å². The highest BCUT2D eigenvalue weighted by molar-refractivity contribution is 6.01. The van der Waals surface area contributed by atoms with E-state index in [9.17, 15) is 20.1 Å². The second-order valence-corrected chi connectivity index (χ2v) is 3.41. The van der Waals surface area contributed by atoms with Crippen molar-refractivity contribution in [3.05, 3.63) is 23.3 Å². The van der Waals surface area contributed by atoms with E-state index in [0.29, 0.717) is 12.0 Å². The average Bonchev–Trinajstić information content (AvgIpc) is 2.10. The zero-order valence-electron chi connectivity index (χ0n) is 7.40. The monoisotopic (exact) mass is 194 g/mol. The second kappa shape index (κ2) is 2.99. The lowest BCUT2D eigenvalue weighted by molar-refractivity contribution is 0.0892. The molecule has 0 saturated carbocycles. The van der Waals surface area contributed by atoms with E-state index >= 15 is 0 Å². The molecule has 0 radical (unpaired) electrons. The minimum atomic E-state index is -0.777. The van der Waals surface area contributed by atoms with E-state index in [-0.39, 0.29) is 29.3 Å². The number of aromatic hydroxyl groups is 2. The number of Topliss-reactive ketones (excluding diaryl/α,β-unsaturated/α-hetero) is 1. The van der Waals surface area contributed by atoms with Crippen molar-refractivity contribution in [3.8, 4) is 11.5 Å². The summed E-state index contributed by atoms with van der Waals surface area (Å²) in [5.74, 6) is -0.596. The summed E-state index contributed by atoms with van der Waals surface area (Å²) in [5, 5.41) is 28.2. The molecule has 1 aliphatic carbocycles. The van der Waals surface area contributed by atoms with Crippen molar-refractivity contribution in [2.24, 2.45) is 0 Å². The first kappa shape index (κ1) is 9.02. The van der Waals surface area contributed by atoms with Gasteiger partial charge in [-0.2, -0.15) is 0 Å². The molecule has 14 heavy (non-hydrogen) atoms. The highest BCUT2D eigenvalue weighted by Gasteiger charge is 2.27. The zero-order valence-corrected chi connectivity index (χ0v) is 7.40. The molecule has 1 aliphatic rings. The summed E-state index contributed by atoms with van der Waals surface area (Å²) in [7, 11) is 0. The quantitative estimate of drug-likeness (QED) is 0.578. The van der Waals surface area contributed by atoms with Crippen LogP contribution in [0.4, 0.5) is 0 Å². The van der Waals surface area contributed by atoms with Gasteiger partial charge in [-0.05, 0) is 18.1 Å². The highest BCUT2D eigenvalue weighted by Crippen LogP contribution is 2.37. The van der Waals surface area contributed by atoms with Crippen molar-refractivity contribution >= 4 is 5.78 Å². The summed E-state index contributed by atoms with van der Waals surface area (Å²) >= 11 is 0. The Bertz CT molecular complexity index is 397. The van der Waals surface area contributed by atoms with E-state index < -0.39 is 6.10 Å². The Morgan fingerprint density at radius 3 is 2.71 bits per heavy atom. The van der Waals surface area contributed by atoms with Gasteiger partial charge in [0.1, 0.15) is 11.5 Å². The van der Waals surface area contributed by atoms with Crippen LogP contribution in [0.25, 0.3) is 0 Å². The number of hydrogen-bond donors (Lipinski definition) is 3. The molecular formula is C10H10O4. The first-order chi connectivity index (χ1) is 6.59. The number of hydrogen-bond acceptors (Lipinski definition) is 4. The lowest BCUT2D eigenvalue weighted by Crippen LogP contribution is -2.15. The van der Waals surface area contributed by atoms with Gasteiger partial charge in [0, 0.05) is 12.5 Å². The fourth-order valence-electron chi connectivity index (χ4n) is 1.75. The molecule has 0 amide bonds. The lowest BCUT2D eigenvalue weighted by atomic mass is 9.87. The predicted octanol–water partition coefficient (Wildman–Crippen LogP) is 1.11. The normalized spacial score (nSPS) is 20.6. The maximum atomic E-state index is 11.4. The molecule has 4 nitrogen and oxygen atoms in total. The van der Waals surface area contributed by atoms with Crippen LogP contribution >= 0.6 is 0 Å². The number of fused-ring (bicyclic) bond motifs is 1. The Morgan fingerprint density at radius 2 is 2.00 bits per heavy atom. The van der Waals surface area contributed by atoms with E-state index in [1.54, 1.807) is 0 Å². The van der Waals surface area contributed by atoms with Crippen molar-refractivity contribution in [1.29, 1.82) is 0 Å². The Kier molecular flexibility index (Phi) is 1.93. The van der Waals surface area contributed by atoms with Crippen LogP contribution in [-0.2, 0) is 0 Å². The molecule has 0 spiro atoms. The van der Waals surface area contributed by atoms with Crippen molar-refractivity contribution in [1.82, 2.24) is 0 Å². The molecule has 74 valence electrons. The maximum absolute atomic E-state index is 11.4. The summed E-state index contributed by atoms with van der Waals surface area (Å²) in [5.41, 5.74) is 0.459. The van der Waals surface area contributed by atoms with Gasteiger partial charge in [-0.15, -0.1) is 0 Å². The zero-order chi connectivity index (χ0) is 10.3. The molecule has 3 N–H and O–H groups in total. The summed E-state index contributed by atoms with van der Waals surface area (Å²) in [6.45, 7) is 0. The Balaban J connectivity index is 2.66. The van der Waals surface area contributed by atoms with Crippen LogP contribution < -0.4 is 0 Å². The van der Waals surface area contributed by atoms with Crippen LogP contribution in [0, 0.1) is 0 Å². The number of aliphatic hydroxyl groups is 1. The number of carbonyl (C=O) groups excluding carboxylic acids is 1. The number of ketones is 1. The molecule has 0 fully saturated rings. The fraction of sp³-hybridized carbons (Fsp3) is 0.300. The Labute approximate surface area is 80.4 Å². The topological polar surface area (TPSA) is 77.8 Å². The number of phenolic OH excluding ortho intramolecular Hbond substituents is 2. The minimum absolute atomic E-state index is 0.140. The number of rotatable bonds is 0. The van der Waals surface area contributed by atoms with Gasteiger partial charge in [0.25, 0.3) is 0 Å². The van der Waals surface area contributed by atoms with Crippen LogP contribution in [0.2, 0.25) is 0 Å². The van der Waals surface area contributed by atoms with E-state index in [4.69, 9.17) is 0 Å². The third-order valence-electron chi connectivity index (χ3n) is 2.42. The molecule has 0 unspecified atom stereocenters. The van der Waals surface area contributed by atoms with Gasteiger partial charge < -0.3 is 15.3 Å². The van der Waals surface area contributed by atoms with Gasteiger partial charge in [0.2, 0.25) is 0 Å². The molecule has 1 aromatic carbocycles. The van der Waals surface area contributed by atoms with Crippen LogP contribution in [0.3, 0.4) is 0 Å². The Morgan fingerprint density at radius 1 is 1.29 bits per heavy atom. The highest BCUT2D eigenvalue weighted by atomic mass is 16.3. The summed E-state index contributed by atoms with van der Waals surface area (Å²) in [4.78, 5) is 11.4. The SMILES string of the molecule is O=C1CC[C@H](O)c2cc(O)cc(O)c21. The van der Waals surface area contributed by atoms with Crippen molar-refractivity contribution < 1.29 is 20.1 Å². The smallest absolute Gasteiger partial charge is 0.167 e. The van der Waals surface area contributed by atoms with Gasteiger partial charge >= 0.3 is 0 Å². The molecular weight excluding hydrogens is 184 g/mol. The average molecular weight is 194 g/mol. The fourth-order valence-corrected chi connectivity index (χ4v) is 1.75. The van der Waals surface area contributed by atoms with Gasteiger partial charge in [-0.25, -0.2) is 0 Å². The van der Waals surface area contributed by atoms with Gasteiger partial charge in [-0.1, -0.05) is 0 Å². The van der Waals surface area contributed by atoms with Crippen molar-refractivity contribution in [2.75, 3.05) is 0 Å². The first-order valence-corrected chi connectivity index (χ1v) is 4.36. The predicted molar refractivity (Wildman–Crippen MR) is 48.3 cm³/mol. The Hall–Kier alpha value is -1.55. The third kappa shape index (κ3) is 1.24. The number of aliphatic hydroxyl groups excluding tert-OH is 1. The number of carbonyl (C=O) groups is 1. The van der Waals surface area contributed by atoms with Crippen LogP contribution in [0.5, 0.6) is 11.5 Å². The van der Waals surface area contributed by atoms with E-state index in [1.807, 2.05) is 0 Å². The van der Waals surface area contributed by atoms with Gasteiger partial charge in [0.05, 0.1) is 11.7 Å². The molecule has 0 aliphatic heterocycles. The minimum Gasteiger partial charge on any atom is -0.508 e. The first-order valence-electron chi connectivity index (χ1n) is 4.36. The summed E-state index contributed by atoms with van der Waals surface area (Å²) < 4.78 is 0. The molecule has 0 bridgehead atoms. The molecule has 0 aromatic heterocycles. The molecule has 2 rings (SSSR count). The summed E-state index contributed by atoms with van der Waals surface area (Å²) in [6, 6.07) is 2.42. The van der Waals surface area contributed by atoms with Crippen molar-refractivity contribution in [3.63, 3.8) is 0 Å². The molecule has 0 heterocycles. The molecule has 1 aromatic rings. The van der Waals surface area contributed by atoms with E-state index in [0.717, 1.165) is 6.07 Å². The standard InChI is InChI=1S/C10H10O4/c11-5-3-6-7(12)1-2-8(13)10(6)9(14)4-5/h3-4,7,11-12,14H,1-2H2/t7-/m0/s1. The summed E-state index contributed by atoms with van der Waals surface area (Å²) in [6.07, 6.45) is -0.206. The lowest BCUT2D eigenvalue weighted by Gasteiger charge is -2.21. The van der Waals surface area contributed by atoms with Crippen LogP contribution in [0.15, 0.2) is 12.1 Å². The maximum Gasteiger partial charge on any atom is 0.167 e. The third-order valence-corrected chi connectivity index (χ3v) is 2.42. The van der Waals surface area contributed by atoms with Gasteiger partial charge in [-0.3, -0.25) is 4.79 Å². The molecule has 1 atom stereocenters. The number of benzene rings is 1. The van der Waals surface area contributed by atoms with E-state index in [1.165, 1.54) is 6.07 Å². The van der Waals surface area contributed by atoms with Crippen LogP contribution in [0.1, 0.15) is 34.9 Å². The van der Waals surface area contributed by atoms with E-state index in [2.05, 4.69) is 0 Å². The molecule has 0 saturated heterocycles. The van der Waals surface area contributed by atoms with Crippen molar-refractivity contribution in [2.45, 2.75) is 18.9 Å².